The molecule has 0 aliphatic heterocycles. The first kappa shape index (κ1) is 17.1. The number of furan rings is 1. The van der Waals surface area contributed by atoms with Crippen LogP contribution >= 0.6 is 0 Å². The Morgan fingerprint density at radius 2 is 1.89 bits per heavy atom. The third-order valence-electron chi connectivity index (χ3n) is 4.80. The number of hydrogen-bond donors (Lipinski definition) is 2. The van der Waals surface area contributed by atoms with Crippen molar-refractivity contribution in [1.82, 2.24) is 0 Å². The normalized spacial score (nSPS) is 12.3. The van der Waals surface area contributed by atoms with Crippen LogP contribution < -0.4 is 10.9 Å². The molecule has 5 heteroatoms. The third-order valence-corrected chi connectivity index (χ3v) is 4.80. The van der Waals surface area contributed by atoms with Crippen molar-refractivity contribution < 1.29 is 19.3 Å². The van der Waals surface area contributed by atoms with E-state index >= 15 is 0 Å². The maximum Gasteiger partial charge on any atom is 0.336 e. The number of phenols is 1. The van der Waals surface area contributed by atoms with Crippen LogP contribution in [0.15, 0.2) is 80.6 Å². The molecule has 2 aromatic heterocycles. The van der Waals surface area contributed by atoms with E-state index in [0.29, 0.717) is 17.7 Å². The fourth-order valence-electron chi connectivity index (χ4n) is 3.37. The Bertz CT molecular complexity index is 1110. The maximum absolute atomic E-state index is 12.0. The van der Waals surface area contributed by atoms with Gasteiger partial charge in [-0.15, -0.1) is 0 Å². The Morgan fingerprint density at radius 1 is 1.07 bits per heavy atom. The van der Waals surface area contributed by atoms with Crippen molar-refractivity contribution in [1.29, 1.82) is 0 Å². The third kappa shape index (κ3) is 3.37. The first-order chi connectivity index (χ1) is 13.1. The van der Waals surface area contributed by atoms with Crippen molar-refractivity contribution in [2.45, 2.75) is 19.5 Å². The molecule has 0 fully saturated rings. The summed E-state index contributed by atoms with van der Waals surface area (Å²) in [6.45, 7) is 2.30. The number of quaternary nitrogens is 1. The van der Waals surface area contributed by atoms with Crippen LogP contribution in [0.1, 0.15) is 28.5 Å². The summed E-state index contributed by atoms with van der Waals surface area (Å²) in [7, 11) is 0. The number of fused-ring (bicyclic) bond motifs is 1. The fourth-order valence-corrected chi connectivity index (χ4v) is 3.37. The number of nitrogens with two attached hydrogens (primary N) is 1. The van der Waals surface area contributed by atoms with Gasteiger partial charge >= 0.3 is 5.63 Å². The van der Waals surface area contributed by atoms with E-state index in [9.17, 15) is 9.90 Å². The van der Waals surface area contributed by atoms with Crippen LogP contribution in [0.4, 0.5) is 0 Å². The lowest BCUT2D eigenvalue weighted by molar-refractivity contribution is -0.704. The van der Waals surface area contributed by atoms with Gasteiger partial charge in [-0.05, 0) is 31.2 Å². The van der Waals surface area contributed by atoms with Crippen molar-refractivity contribution in [3.05, 3.63) is 99.8 Å². The molecule has 0 saturated heterocycles. The number of hydrogen-bond acceptors (Lipinski definition) is 4. The molecule has 3 N–H and O–H groups in total. The molecule has 0 amide bonds. The van der Waals surface area contributed by atoms with Gasteiger partial charge in [-0.2, -0.15) is 0 Å². The van der Waals surface area contributed by atoms with Crippen LogP contribution in [0, 0.1) is 6.92 Å². The first-order valence-corrected chi connectivity index (χ1v) is 8.80. The molecular formula is C22H20NO4+. The summed E-state index contributed by atoms with van der Waals surface area (Å²) in [4.78, 5) is 12.0. The summed E-state index contributed by atoms with van der Waals surface area (Å²) in [5, 5.41) is 12.9. The van der Waals surface area contributed by atoms with Crippen LogP contribution in [-0.2, 0) is 6.54 Å². The molecule has 4 aromatic rings. The molecule has 0 bridgehead atoms. The molecule has 0 spiro atoms. The molecule has 27 heavy (non-hydrogen) atoms. The van der Waals surface area contributed by atoms with E-state index < -0.39 is 5.63 Å². The van der Waals surface area contributed by atoms with Gasteiger partial charge in [0.25, 0.3) is 0 Å². The minimum absolute atomic E-state index is 0.0262. The highest BCUT2D eigenvalue weighted by Crippen LogP contribution is 2.27. The fraction of sp³-hybridized carbons (Fsp3) is 0.136. The quantitative estimate of drug-likeness (QED) is 0.534. The predicted octanol–water partition coefficient (Wildman–Crippen LogP) is 3.25. The van der Waals surface area contributed by atoms with E-state index in [-0.39, 0.29) is 11.8 Å². The van der Waals surface area contributed by atoms with Crippen molar-refractivity contribution >= 4 is 11.0 Å². The highest BCUT2D eigenvalue weighted by molar-refractivity contribution is 5.84. The van der Waals surface area contributed by atoms with E-state index in [1.54, 1.807) is 25.3 Å². The Balaban J connectivity index is 1.71. The minimum Gasteiger partial charge on any atom is -0.508 e. The van der Waals surface area contributed by atoms with E-state index in [4.69, 9.17) is 8.83 Å². The van der Waals surface area contributed by atoms with Gasteiger partial charge in [-0.25, -0.2) is 4.79 Å². The maximum atomic E-state index is 12.0. The van der Waals surface area contributed by atoms with Crippen LogP contribution in [-0.4, -0.2) is 5.11 Å². The van der Waals surface area contributed by atoms with E-state index in [2.05, 4.69) is 17.4 Å². The molecule has 0 aliphatic rings. The number of aryl methyl sites for hydroxylation is 1. The zero-order chi connectivity index (χ0) is 18.8. The number of phenolic OH excluding ortho intramolecular Hbond substituents is 1. The molecule has 2 aromatic carbocycles. The smallest absolute Gasteiger partial charge is 0.336 e. The summed E-state index contributed by atoms with van der Waals surface area (Å²) in [5.74, 6) is 0.965. The van der Waals surface area contributed by atoms with Gasteiger partial charge in [0, 0.05) is 28.1 Å². The van der Waals surface area contributed by atoms with Gasteiger partial charge in [0.2, 0.25) is 0 Å². The van der Waals surface area contributed by atoms with Gasteiger partial charge in [0.1, 0.15) is 17.9 Å². The standard InChI is InChI=1S/C22H19NO4/c1-14-18(24)10-9-17-16(12-20(25)27-22(14)17)13-23-21(19-8-5-11-26-19)15-6-3-2-4-7-15/h2-12,21,23-24H,13H2,1H3/p+1/t21-/m1/s1. The summed E-state index contributed by atoms with van der Waals surface area (Å²) in [6.07, 6.45) is 1.66. The highest BCUT2D eigenvalue weighted by atomic mass is 16.4. The van der Waals surface area contributed by atoms with Crippen LogP contribution in [0.5, 0.6) is 5.75 Å². The molecule has 0 radical (unpaired) electrons. The lowest BCUT2D eigenvalue weighted by Gasteiger charge is -2.15. The van der Waals surface area contributed by atoms with Crippen molar-refractivity contribution in [2.24, 2.45) is 0 Å². The van der Waals surface area contributed by atoms with Gasteiger partial charge in [0.15, 0.2) is 11.8 Å². The topological polar surface area (TPSA) is 80.2 Å². The molecule has 4 rings (SSSR count). The predicted molar refractivity (Wildman–Crippen MR) is 102 cm³/mol. The van der Waals surface area contributed by atoms with Gasteiger partial charge in [-0.1, -0.05) is 30.3 Å². The molecule has 0 saturated carbocycles. The Morgan fingerprint density at radius 3 is 2.63 bits per heavy atom. The largest absolute Gasteiger partial charge is 0.508 e. The molecular weight excluding hydrogens is 342 g/mol. The second-order valence-electron chi connectivity index (χ2n) is 6.52. The summed E-state index contributed by atoms with van der Waals surface area (Å²) < 4.78 is 11.0. The SMILES string of the molecule is Cc1c(O)ccc2c(C[NH2+][C@H](c3ccccc3)c3ccco3)cc(=O)oc12. The average molecular weight is 362 g/mol. The summed E-state index contributed by atoms with van der Waals surface area (Å²) >= 11 is 0. The minimum atomic E-state index is -0.422. The van der Waals surface area contributed by atoms with Crippen LogP contribution in [0.3, 0.4) is 0 Å². The molecule has 136 valence electrons. The van der Waals surface area contributed by atoms with Crippen molar-refractivity contribution in [3.8, 4) is 5.75 Å². The Hall–Kier alpha value is -3.31. The molecule has 2 heterocycles. The van der Waals surface area contributed by atoms with E-state index in [0.717, 1.165) is 22.3 Å². The van der Waals surface area contributed by atoms with Crippen molar-refractivity contribution in [2.75, 3.05) is 0 Å². The zero-order valence-corrected chi connectivity index (χ0v) is 14.9. The zero-order valence-electron chi connectivity index (χ0n) is 14.9. The van der Waals surface area contributed by atoms with Crippen molar-refractivity contribution in [3.63, 3.8) is 0 Å². The van der Waals surface area contributed by atoms with E-state index in [1.807, 2.05) is 30.3 Å². The average Bonchev–Trinajstić information content (AvgIpc) is 3.20. The Labute approximate surface area is 155 Å². The number of rotatable bonds is 5. The monoisotopic (exact) mass is 362 g/mol. The van der Waals surface area contributed by atoms with E-state index in [1.165, 1.54) is 6.07 Å². The second kappa shape index (κ2) is 7.13. The first-order valence-electron chi connectivity index (χ1n) is 8.80. The summed E-state index contributed by atoms with van der Waals surface area (Å²) in [6, 6.07) is 18.8. The van der Waals surface area contributed by atoms with Gasteiger partial charge in [-0.3, -0.25) is 0 Å². The lowest BCUT2D eigenvalue weighted by atomic mass is 10.0. The number of aromatic hydroxyl groups is 1. The van der Waals surface area contributed by atoms with Gasteiger partial charge in [0.05, 0.1) is 6.26 Å². The molecule has 1 atom stereocenters. The number of benzene rings is 2. The lowest BCUT2D eigenvalue weighted by Crippen LogP contribution is -2.83. The van der Waals surface area contributed by atoms with Crippen LogP contribution in [0.25, 0.3) is 11.0 Å². The second-order valence-corrected chi connectivity index (χ2v) is 6.52. The molecule has 0 aliphatic carbocycles. The molecule has 5 nitrogen and oxygen atoms in total. The Kier molecular flexibility index (Phi) is 4.52. The summed E-state index contributed by atoms with van der Waals surface area (Å²) in [5.41, 5.74) is 2.55. The van der Waals surface area contributed by atoms with Crippen LogP contribution in [0.2, 0.25) is 0 Å². The van der Waals surface area contributed by atoms with Gasteiger partial charge < -0.3 is 19.3 Å². The highest BCUT2D eigenvalue weighted by Gasteiger charge is 2.21. The molecule has 0 unspecified atom stereocenters.